The third-order valence-corrected chi connectivity index (χ3v) is 7.18. The fourth-order valence-electron chi connectivity index (χ4n) is 5.25. The molecule has 0 radical (unpaired) electrons. The number of hydrogen-bond acceptors (Lipinski definition) is 3. The minimum atomic E-state index is 0.237. The lowest BCUT2D eigenvalue weighted by Gasteiger charge is -2.43. The van der Waals surface area contributed by atoms with Crippen LogP contribution in [0.3, 0.4) is 0 Å². The van der Waals surface area contributed by atoms with E-state index < -0.39 is 0 Å². The molecule has 0 atom stereocenters. The van der Waals surface area contributed by atoms with Gasteiger partial charge in [-0.05, 0) is 69.4 Å². The first kappa shape index (κ1) is 19.2. The minimum absolute atomic E-state index is 0.237. The van der Waals surface area contributed by atoms with Gasteiger partial charge in [0.1, 0.15) is 0 Å². The molecule has 4 heteroatoms. The molecule has 0 aromatic carbocycles. The molecule has 2 heterocycles. The van der Waals surface area contributed by atoms with Crippen LogP contribution in [0.2, 0.25) is 0 Å². The Hall–Kier alpha value is -0.610. The molecule has 3 fully saturated rings. The van der Waals surface area contributed by atoms with E-state index in [4.69, 9.17) is 0 Å². The standard InChI is InChI=1S/C21H39N3O/c1-17(2)20-8-10-24(11-9-20)21-6-4-19(5-7-21)16-22-12-14-23(15-13-22)18(3)25/h17,19-21H,4-16H2,1-3H3. The van der Waals surface area contributed by atoms with E-state index in [0.29, 0.717) is 0 Å². The summed E-state index contributed by atoms with van der Waals surface area (Å²) < 4.78 is 0. The number of amides is 1. The first-order valence-corrected chi connectivity index (χ1v) is 10.7. The van der Waals surface area contributed by atoms with E-state index in [1.807, 2.05) is 4.90 Å². The lowest BCUT2D eigenvalue weighted by atomic mass is 9.82. The van der Waals surface area contributed by atoms with Crippen molar-refractivity contribution in [1.82, 2.24) is 14.7 Å². The smallest absolute Gasteiger partial charge is 0.219 e. The first-order valence-electron chi connectivity index (χ1n) is 10.7. The number of piperidine rings is 1. The topological polar surface area (TPSA) is 26.8 Å². The van der Waals surface area contributed by atoms with Gasteiger partial charge in [-0.1, -0.05) is 13.8 Å². The number of rotatable bonds is 4. The molecule has 0 unspecified atom stereocenters. The van der Waals surface area contributed by atoms with Gasteiger partial charge in [-0.15, -0.1) is 0 Å². The third-order valence-electron chi connectivity index (χ3n) is 7.18. The maximum absolute atomic E-state index is 11.4. The van der Waals surface area contributed by atoms with Crippen LogP contribution in [0.25, 0.3) is 0 Å². The molecule has 4 nitrogen and oxygen atoms in total. The fourth-order valence-corrected chi connectivity index (χ4v) is 5.25. The molecule has 144 valence electrons. The molecule has 1 saturated carbocycles. The van der Waals surface area contributed by atoms with Crippen LogP contribution in [0.15, 0.2) is 0 Å². The van der Waals surface area contributed by atoms with Gasteiger partial charge in [-0.25, -0.2) is 0 Å². The Balaban J connectivity index is 1.35. The Labute approximate surface area is 154 Å². The van der Waals surface area contributed by atoms with E-state index in [-0.39, 0.29) is 5.91 Å². The molecule has 0 bridgehead atoms. The second-order valence-electron chi connectivity index (χ2n) is 9.10. The molecule has 3 rings (SSSR count). The van der Waals surface area contributed by atoms with Crippen LogP contribution in [-0.4, -0.2) is 72.5 Å². The third kappa shape index (κ3) is 5.19. The molecule has 3 aliphatic rings. The number of piperazine rings is 1. The zero-order valence-corrected chi connectivity index (χ0v) is 16.8. The summed E-state index contributed by atoms with van der Waals surface area (Å²) in [5, 5.41) is 0. The molecule has 0 spiro atoms. The quantitative estimate of drug-likeness (QED) is 0.780. The Morgan fingerprint density at radius 1 is 0.880 bits per heavy atom. The van der Waals surface area contributed by atoms with Crippen LogP contribution >= 0.6 is 0 Å². The maximum atomic E-state index is 11.4. The van der Waals surface area contributed by atoms with Crippen LogP contribution < -0.4 is 0 Å². The van der Waals surface area contributed by atoms with Crippen molar-refractivity contribution >= 4 is 5.91 Å². The summed E-state index contributed by atoms with van der Waals surface area (Å²) in [4.78, 5) is 18.8. The van der Waals surface area contributed by atoms with Crippen molar-refractivity contribution in [2.45, 2.75) is 65.3 Å². The van der Waals surface area contributed by atoms with Crippen molar-refractivity contribution in [1.29, 1.82) is 0 Å². The Bertz CT molecular complexity index is 415. The minimum Gasteiger partial charge on any atom is -0.340 e. The highest BCUT2D eigenvalue weighted by Crippen LogP contribution is 2.32. The number of hydrogen-bond donors (Lipinski definition) is 0. The molecule has 0 aromatic heterocycles. The lowest BCUT2D eigenvalue weighted by molar-refractivity contribution is -0.130. The normalized spacial score (nSPS) is 30.8. The predicted molar refractivity (Wildman–Crippen MR) is 104 cm³/mol. The molecule has 2 saturated heterocycles. The van der Waals surface area contributed by atoms with Crippen molar-refractivity contribution in [2.75, 3.05) is 45.8 Å². The summed E-state index contributed by atoms with van der Waals surface area (Å²) in [7, 11) is 0. The fraction of sp³-hybridized carbons (Fsp3) is 0.952. The van der Waals surface area contributed by atoms with E-state index in [0.717, 1.165) is 50.0 Å². The zero-order valence-electron chi connectivity index (χ0n) is 16.8. The van der Waals surface area contributed by atoms with E-state index in [1.54, 1.807) is 6.92 Å². The summed E-state index contributed by atoms with van der Waals surface area (Å²) in [5.41, 5.74) is 0. The van der Waals surface area contributed by atoms with Gasteiger partial charge in [0.25, 0.3) is 0 Å². The second kappa shape index (κ2) is 8.85. The van der Waals surface area contributed by atoms with Gasteiger partial charge in [0.15, 0.2) is 0 Å². The number of likely N-dealkylation sites (tertiary alicyclic amines) is 1. The highest BCUT2D eigenvalue weighted by Gasteiger charge is 2.30. The average Bonchev–Trinajstić information content (AvgIpc) is 2.63. The van der Waals surface area contributed by atoms with Gasteiger partial charge in [-0.3, -0.25) is 9.69 Å². The largest absolute Gasteiger partial charge is 0.340 e. The Morgan fingerprint density at radius 2 is 1.48 bits per heavy atom. The second-order valence-corrected chi connectivity index (χ2v) is 9.10. The van der Waals surface area contributed by atoms with Crippen molar-refractivity contribution in [3.8, 4) is 0 Å². The van der Waals surface area contributed by atoms with E-state index in [1.165, 1.54) is 58.2 Å². The molecular weight excluding hydrogens is 310 g/mol. The predicted octanol–water partition coefficient (Wildman–Crippen LogP) is 3.08. The van der Waals surface area contributed by atoms with E-state index in [2.05, 4.69) is 23.6 Å². The molecule has 25 heavy (non-hydrogen) atoms. The number of nitrogens with zero attached hydrogens (tertiary/aromatic N) is 3. The van der Waals surface area contributed by atoms with Gasteiger partial charge in [0.05, 0.1) is 0 Å². The molecule has 2 aliphatic heterocycles. The van der Waals surface area contributed by atoms with Crippen molar-refractivity contribution < 1.29 is 4.79 Å². The van der Waals surface area contributed by atoms with Gasteiger partial charge in [-0.2, -0.15) is 0 Å². The highest BCUT2D eigenvalue weighted by molar-refractivity contribution is 5.73. The van der Waals surface area contributed by atoms with Crippen molar-refractivity contribution in [2.24, 2.45) is 17.8 Å². The van der Waals surface area contributed by atoms with Crippen LogP contribution in [0, 0.1) is 17.8 Å². The highest BCUT2D eigenvalue weighted by atomic mass is 16.2. The molecule has 0 N–H and O–H groups in total. The van der Waals surface area contributed by atoms with Crippen molar-refractivity contribution in [3.05, 3.63) is 0 Å². The van der Waals surface area contributed by atoms with Gasteiger partial charge >= 0.3 is 0 Å². The average molecular weight is 350 g/mol. The van der Waals surface area contributed by atoms with Crippen molar-refractivity contribution in [3.63, 3.8) is 0 Å². The van der Waals surface area contributed by atoms with E-state index in [9.17, 15) is 4.79 Å². The number of carbonyl (C=O) groups is 1. The Kier molecular flexibility index (Phi) is 6.79. The SMILES string of the molecule is CC(=O)N1CCN(CC2CCC(N3CCC(C(C)C)CC3)CC2)CC1. The summed E-state index contributed by atoms with van der Waals surface area (Å²) in [5.74, 6) is 2.94. The van der Waals surface area contributed by atoms with Gasteiger partial charge < -0.3 is 9.80 Å². The monoisotopic (exact) mass is 349 g/mol. The summed E-state index contributed by atoms with van der Waals surface area (Å²) >= 11 is 0. The summed E-state index contributed by atoms with van der Waals surface area (Å²) in [6.45, 7) is 14.4. The molecular formula is C21H39N3O. The first-order chi connectivity index (χ1) is 12.0. The molecule has 1 amide bonds. The van der Waals surface area contributed by atoms with Gasteiger partial charge in [0, 0.05) is 45.7 Å². The molecule has 1 aliphatic carbocycles. The van der Waals surface area contributed by atoms with E-state index >= 15 is 0 Å². The van der Waals surface area contributed by atoms with Crippen LogP contribution in [-0.2, 0) is 4.79 Å². The van der Waals surface area contributed by atoms with Crippen LogP contribution in [0.1, 0.15) is 59.3 Å². The van der Waals surface area contributed by atoms with Gasteiger partial charge in [0.2, 0.25) is 5.91 Å². The Morgan fingerprint density at radius 3 is 2.00 bits per heavy atom. The van der Waals surface area contributed by atoms with Crippen LogP contribution in [0.4, 0.5) is 0 Å². The molecule has 0 aromatic rings. The number of carbonyl (C=O) groups excluding carboxylic acids is 1. The zero-order chi connectivity index (χ0) is 17.8. The summed E-state index contributed by atoms with van der Waals surface area (Å²) in [6.07, 6.45) is 8.45. The lowest BCUT2D eigenvalue weighted by Crippen LogP contribution is -2.50. The van der Waals surface area contributed by atoms with Crippen LogP contribution in [0.5, 0.6) is 0 Å². The maximum Gasteiger partial charge on any atom is 0.219 e. The summed E-state index contributed by atoms with van der Waals surface area (Å²) in [6, 6.07) is 0.860.